The molecule has 0 bridgehead atoms. The first kappa shape index (κ1) is 7.36. The third kappa shape index (κ3) is 1.33. The van der Waals surface area contributed by atoms with E-state index in [2.05, 4.69) is 9.97 Å². The first-order chi connectivity index (χ1) is 5.86. The fourth-order valence-corrected chi connectivity index (χ4v) is 1.48. The van der Waals surface area contributed by atoms with Gasteiger partial charge in [-0.25, -0.2) is 9.97 Å². The molecule has 0 unspecified atom stereocenters. The third-order valence-corrected chi connectivity index (χ3v) is 2.04. The first-order valence-corrected chi connectivity index (χ1v) is 4.30. The fourth-order valence-electron chi connectivity index (χ4n) is 0.917. The van der Waals surface area contributed by atoms with Crippen LogP contribution in [0.1, 0.15) is 0 Å². The maximum atomic E-state index is 12.6. The number of hydrogen-bond acceptors (Lipinski definition) is 3. The van der Waals surface area contributed by atoms with E-state index < -0.39 is 5.95 Å². The molecule has 0 saturated carbocycles. The van der Waals surface area contributed by atoms with Crippen molar-refractivity contribution in [2.75, 3.05) is 0 Å². The van der Waals surface area contributed by atoms with Gasteiger partial charge in [-0.15, -0.1) is 11.3 Å². The molecule has 0 amide bonds. The van der Waals surface area contributed by atoms with Crippen molar-refractivity contribution in [3.63, 3.8) is 0 Å². The van der Waals surface area contributed by atoms with Gasteiger partial charge in [-0.1, -0.05) is 0 Å². The van der Waals surface area contributed by atoms with Crippen molar-refractivity contribution >= 4 is 11.3 Å². The van der Waals surface area contributed by atoms with Crippen molar-refractivity contribution in [3.8, 4) is 11.3 Å². The molecule has 2 aromatic rings. The molecule has 0 aliphatic rings. The minimum absolute atomic E-state index is 0.472. The van der Waals surface area contributed by atoms with Gasteiger partial charge in [-0.3, -0.25) is 0 Å². The summed E-state index contributed by atoms with van der Waals surface area (Å²) in [6.07, 6.45) is 1.43. The van der Waals surface area contributed by atoms with Crippen molar-refractivity contribution in [1.82, 2.24) is 9.97 Å². The van der Waals surface area contributed by atoms with E-state index in [4.69, 9.17) is 0 Å². The lowest BCUT2D eigenvalue weighted by atomic mass is 10.2. The van der Waals surface area contributed by atoms with E-state index in [1.165, 1.54) is 23.6 Å². The van der Waals surface area contributed by atoms with Gasteiger partial charge < -0.3 is 0 Å². The zero-order valence-electron chi connectivity index (χ0n) is 6.07. The largest absolute Gasteiger partial charge is 0.245 e. The SMILES string of the molecule is Fc1cc(-c2cscn2)ccn1. The number of nitrogens with zero attached hydrogens (tertiary/aromatic N) is 2. The smallest absolute Gasteiger partial charge is 0.213 e. The van der Waals surface area contributed by atoms with Crippen LogP contribution in [0.3, 0.4) is 0 Å². The van der Waals surface area contributed by atoms with E-state index in [1.54, 1.807) is 11.6 Å². The highest BCUT2D eigenvalue weighted by molar-refractivity contribution is 7.07. The highest BCUT2D eigenvalue weighted by Crippen LogP contribution is 2.18. The van der Waals surface area contributed by atoms with Crippen molar-refractivity contribution in [2.45, 2.75) is 0 Å². The van der Waals surface area contributed by atoms with Crippen LogP contribution in [0.25, 0.3) is 11.3 Å². The molecule has 0 N–H and O–H groups in total. The standard InChI is InChI=1S/C8H5FN2S/c9-8-3-6(1-2-10-8)7-4-12-5-11-7/h1-5H. The average molecular weight is 180 g/mol. The van der Waals surface area contributed by atoms with Crippen LogP contribution in [-0.2, 0) is 0 Å². The molecule has 0 fully saturated rings. The first-order valence-electron chi connectivity index (χ1n) is 3.36. The summed E-state index contributed by atoms with van der Waals surface area (Å²) in [5, 5.41) is 1.87. The maximum Gasteiger partial charge on any atom is 0.213 e. The van der Waals surface area contributed by atoms with Crippen LogP contribution in [0.4, 0.5) is 4.39 Å². The maximum absolute atomic E-state index is 12.6. The Morgan fingerprint density at radius 3 is 2.92 bits per heavy atom. The number of halogens is 1. The van der Waals surface area contributed by atoms with Gasteiger partial charge >= 0.3 is 0 Å². The van der Waals surface area contributed by atoms with Gasteiger partial charge in [0.1, 0.15) is 0 Å². The molecule has 2 heterocycles. The van der Waals surface area contributed by atoms with Gasteiger partial charge in [0.05, 0.1) is 11.2 Å². The van der Waals surface area contributed by atoms with Gasteiger partial charge in [0.2, 0.25) is 5.95 Å². The highest BCUT2D eigenvalue weighted by atomic mass is 32.1. The number of aromatic nitrogens is 2. The molecule has 0 saturated heterocycles. The number of hydrogen-bond donors (Lipinski definition) is 0. The van der Waals surface area contributed by atoms with Crippen molar-refractivity contribution < 1.29 is 4.39 Å². The normalized spacial score (nSPS) is 10.1. The molecule has 0 aliphatic carbocycles. The van der Waals surface area contributed by atoms with Gasteiger partial charge in [0.15, 0.2) is 0 Å². The molecule has 60 valence electrons. The quantitative estimate of drug-likeness (QED) is 0.629. The van der Waals surface area contributed by atoms with Gasteiger partial charge in [-0.2, -0.15) is 4.39 Å². The van der Waals surface area contributed by atoms with E-state index >= 15 is 0 Å². The summed E-state index contributed by atoms with van der Waals surface area (Å²) in [5.41, 5.74) is 3.28. The summed E-state index contributed by atoms with van der Waals surface area (Å²) >= 11 is 1.49. The molecule has 0 aliphatic heterocycles. The summed E-state index contributed by atoms with van der Waals surface area (Å²) in [6.45, 7) is 0. The predicted molar refractivity (Wildman–Crippen MR) is 45.3 cm³/mol. The van der Waals surface area contributed by atoms with Gasteiger partial charge in [0.25, 0.3) is 0 Å². The topological polar surface area (TPSA) is 25.8 Å². The summed E-state index contributed by atoms with van der Waals surface area (Å²) in [5.74, 6) is -0.472. The zero-order chi connectivity index (χ0) is 8.39. The fraction of sp³-hybridized carbons (Fsp3) is 0. The molecule has 0 atom stereocenters. The summed E-state index contributed by atoms with van der Waals surface area (Å²) < 4.78 is 12.6. The summed E-state index contributed by atoms with van der Waals surface area (Å²) in [4.78, 5) is 7.51. The molecule has 0 spiro atoms. The van der Waals surface area contributed by atoms with Crippen molar-refractivity contribution in [2.24, 2.45) is 0 Å². The van der Waals surface area contributed by atoms with Crippen LogP contribution in [-0.4, -0.2) is 9.97 Å². The number of pyridine rings is 1. The Hall–Kier alpha value is -1.29. The average Bonchev–Trinajstić information content (AvgIpc) is 2.56. The van der Waals surface area contributed by atoms with Crippen molar-refractivity contribution in [3.05, 3.63) is 35.2 Å². The molecular weight excluding hydrogens is 175 g/mol. The lowest BCUT2D eigenvalue weighted by molar-refractivity contribution is 0.584. The Kier molecular flexibility index (Phi) is 1.83. The Morgan fingerprint density at radius 2 is 2.25 bits per heavy atom. The lowest BCUT2D eigenvalue weighted by Gasteiger charge is -1.93. The second-order valence-corrected chi connectivity index (χ2v) is 2.96. The predicted octanol–water partition coefficient (Wildman–Crippen LogP) is 2.34. The molecule has 2 aromatic heterocycles. The Morgan fingerprint density at radius 1 is 1.33 bits per heavy atom. The minimum Gasteiger partial charge on any atom is -0.245 e. The van der Waals surface area contributed by atoms with E-state index in [1.807, 2.05) is 5.38 Å². The van der Waals surface area contributed by atoms with Crippen LogP contribution in [0.15, 0.2) is 29.2 Å². The van der Waals surface area contributed by atoms with Crippen LogP contribution in [0.2, 0.25) is 0 Å². The van der Waals surface area contributed by atoms with Gasteiger partial charge in [0, 0.05) is 23.2 Å². The number of thiazole rings is 1. The zero-order valence-corrected chi connectivity index (χ0v) is 6.88. The Labute approximate surface area is 72.7 Å². The molecule has 0 aromatic carbocycles. The second-order valence-electron chi connectivity index (χ2n) is 2.24. The highest BCUT2D eigenvalue weighted by Gasteiger charge is 2.00. The summed E-state index contributed by atoms with van der Waals surface area (Å²) in [7, 11) is 0. The van der Waals surface area contributed by atoms with E-state index in [0.29, 0.717) is 0 Å². The Bertz CT molecular complexity index is 372. The van der Waals surface area contributed by atoms with Crippen molar-refractivity contribution in [1.29, 1.82) is 0 Å². The van der Waals surface area contributed by atoms with E-state index in [-0.39, 0.29) is 0 Å². The molecule has 12 heavy (non-hydrogen) atoms. The molecule has 2 nitrogen and oxygen atoms in total. The van der Waals surface area contributed by atoms with Crippen LogP contribution < -0.4 is 0 Å². The van der Waals surface area contributed by atoms with E-state index in [0.717, 1.165) is 11.3 Å². The van der Waals surface area contributed by atoms with Crippen LogP contribution >= 0.6 is 11.3 Å². The second kappa shape index (κ2) is 2.98. The van der Waals surface area contributed by atoms with Gasteiger partial charge in [-0.05, 0) is 6.07 Å². The lowest BCUT2D eigenvalue weighted by Crippen LogP contribution is -1.82. The Balaban J connectivity index is 2.48. The van der Waals surface area contributed by atoms with Crippen LogP contribution in [0.5, 0.6) is 0 Å². The van der Waals surface area contributed by atoms with Crippen LogP contribution in [0, 0.1) is 5.95 Å². The summed E-state index contributed by atoms with van der Waals surface area (Å²) in [6, 6.07) is 3.10. The molecular formula is C8H5FN2S. The number of rotatable bonds is 1. The monoisotopic (exact) mass is 180 g/mol. The van der Waals surface area contributed by atoms with E-state index in [9.17, 15) is 4.39 Å². The minimum atomic E-state index is -0.472. The molecule has 2 rings (SSSR count). The molecule has 0 radical (unpaired) electrons. The third-order valence-electron chi connectivity index (χ3n) is 1.45. The molecule has 4 heteroatoms.